The molecule has 0 radical (unpaired) electrons. The Hall–Kier alpha value is -2.86. The van der Waals surface area contributed by atoms with Gasteiger partial charge in [0.25, 0.3) is 0 Å². The summed E-state index contributed by atoms with van der Waals surface area (Å²) in [4.78, 5) is 3.99. The molecule has 0 spiro atoms. The van der Waals surface area contributed by atoms with Gasteiger partial charge >= 0.3 is 0 Å². The molecule has 6 heteroatoms. The zero-order valence-corrected chi connectivity index (χ0v) is 17.2. The molecule has 0 aliphatic rings. The van der Waals surface area contributed by atoms with Gasteiger partial charge in [-0.05, 0) is 36.1 Å². The maximum atomic E-state index is 7.46. The lowest BCUT2D eigenvalue weighted by Crippen LogP contribution is -2.22. The van der Waals surface area contributed by atoms with Crippen molar-refractivity contribution in [2.75, 3.05) is 13.1 Å². The summed E-state index contributed by atoms with van der Waals surface area (Å²) in [7, 11) is 0. The highest BCUT2D eigenvalue weighted by atomic mass is 15.0. The van der Waals surface area contributed by atoms with Crippen molar-refractivity contribution in [3.63, 3.8) is 0 Å². The topological polar surface area (TPSA) is 126 Å². The van der Waals surface area contributed by atoms with E-state index in [0.717, 1.165) is 37.2 Å². The molecule has 0 heterocycles. The SMILES string of the molecule is N=C(N)c1ccc(-c2ccc(CNCCCCCCCCN=C(N)N)cc2)cc1. The number of benzene rings is 2. The summed E-state index contributed by atoms with van der Waals surface area (Å²) in [5.74, 6) is 0.287. The number of nitrogens with two attached hydrogens (primary N) is 3. The number of amidine groups is 1. The predicted molar refractivity (Wildman–Crippen MR) is 123 cm³/mol. The van der Waals surface area contributed by atoms with Gasteiger partial charge in [0.05, 0.1) is 0 Å². The fourth-order valence-corrected chi connectivity index (χ4v) is 3.17. The first-order valence-corrected chi connectivity index (χ1v) is 10.4. The second kappa shape index (κ2) is 12.6. The van der Waals surface area contributed by atoms with E-state index in [1.807, 2.05) is 24.3 Å². The summed E-state index contributed by atoms with van der Waals surface area (Å²) in [5, 5.41) is 11.0. The molecule has 0 saturated carbocycles. The van der Waals surface area contributed by atoms with E-state index >= 15 is 0 Å². The average molecular weight is 395 g/mol. The van der Waals surface area contributed by atoms with Gasteiger partial charge in [-0.15, -0.1) is 0 Å². The van der Waals surface area contributed by atoms with Crippen molar-refractivity contribution >= 4 is 11.8 Å². The molecule has 6 nitrogen and oxygen atoms in total. The normalized spacial score (nSPS) is 10.6. The Balaban J connectivity index is 1.58. The molecule has 0 fully saturated rings. The van der Waals surface area contributed by atoms with Gasteiger partial charge in [0.2, 0.25) is 0 Å². The molecule has 2 aromatic rings. The minimum absolute atomic E-state index is 0.0980. The summed E-state index contributed by atoms with van der Waals surface area (Å²) >= 11 is 0. The second-order valence-electron chi connectivity index (χ2n) is 7.29. The molecular weight excluding hydrogens is 360 g/mol. The lowest BCUT2D eigenvalue weighted by molar-refractivity contribution is 0.567. The predicted octanol–water partition coefficient (Wildman–Crippen LogP) is 3.34. The lowest BCUT2D eigenvalue weighted by atomic mass is 10.0. The van der Waals surface area contributed by atoms with Crippen molar-refractivity contribution in [3.8, 4) is 11.1 Å². The number of nitrogen functional groups attached to an aromatic ring is 1. The van der Waals surface area contributed by atoms with Crippen LogP contribution in [0.2, 0.25) is 0 Å². The number of hydrogen-bond acceptors (Lipinski definition) is 3. The molecule has 0 aliphatic heterocycles. The molecule has 29 heavy (non-hydrogen) atoms. The molecular formula is C23H34N6. The fraction of sp³-hybridized carbons (Fsp3) is 0.391. The highest BCUT2D eigenvalue weighted by Crippen LogP contribution is 2.20. The Kier molecular flexibility index (Phi) is 9.72. The molecule has 2 aromatic carbocycles. The fourth-order valence-electron chi connectivity index (χ4n) is 3.17. The van der Waals surface area contributed by atoms with Gasteiger partial charge in [-0.2, -0.15) is 0 Å². The van der Waals surface area contributed by atoms with Gasteiger partial charge in [-0.1, -0.05) is 74.2 Å². The molecule has 0 amide bonds. The number of nitrogens with one attached hydrogen (secondary N) is 2. The van der Waals surface area contributed by atoms with Crippen molar-refractivity contribution in [3.05, 3.63) is 59.7 Å². The molecule has 2 rings (SSSR count). The zero-order chi connectivity index (χ0) is 20.9. The van der Waals surface area contributed by atoms with Crippen molar-refractivity contribution in [2.45, 2.75) is 45.1 Å². The molecule has 156 valence electrons. The van der Waals surface area contributed by atoms with Crippen LogP contribution in [0.5, 0.6) is 0 Å². The lowest BCUT2D eigenvalue weighted by Gasteiger charge is -2.07. The van der Waals surface area contributed by atoms with E-state index in [4.69, 9.17) is 22.6 Å². The van der Waals surface area contributed by atoms with Gasteiger partial charge < -0.3 is 22.5 Å². The van der Waals surface area contributed by atoms with Crippen LogP contribution in [0.15, 0.2) is 53.5 Å². The van der Waals surface area contributed by atoms with Crippen molar-refractivity contribution < 1.29 is 0 Å². The standard InChI is InChI=1S/C23H34N6/c24-22(25)21-13-11-20(12-14-21)19-9-7-18(8-10-19)17-28-15-5-3-1-2-4-6-16-29-23(26)27/h7-14,28H,1-6,15-17H2,(H3,24,25)(H4,26,27,29). The van der Waals surface area contributed by atoms with E-state index in [2.05, 4.69) is 34.6 Å². The van der Waals surface area contributed by atoms with Crippen LogP contribution in [0.25, 0.3) is 11.1 Å². The van der Waals surface area contributed by atoms with E-state index in [0.29, 0.717) is 0 Å². The largest absolute Gasteiger partial charge is 0.384 e. The summed E-state index contributed by atoms with van der Waals surface area (Å²) in [6.07, 6.45) is 7.22. The minimum atomic E-state index is 0.0980. The van der Waals surface area contributed by atoms with E-state index < -0.39 is 0 Å². The van der Waals surface area contributed by atoms with Gasteiger partial charge in [-0.3, -0.25) is 10.4 Å². The van der Waals surface area contributed by atoms with Crippen molar-refractivity contribution in [2.24, 2.45) is 22.2 Å². The Morgan fingerprint density at radius 1 is 0.759 bits per heavy atom. The van der Waals surface area contributed by atoms with Crippen LogP contribution >= 0.6 is 0 Å². The Morgan fingerprint density at radius 2 is 1.31 bits per heavy atom. The van der Waals surface area contributed by atoms with Crippen LogP contribution in [0.1, 0.15) is 49.7 Å². The maximum Gasteiger partial charge on any atom is 0.185 e. The highest BCUT2D eigenvalue weighted by molar-refractivity contribution is 5.95. The summed E-state index contributed by atoms with van der Waals surface area (Å²) in [6, 6.07) is 16.4. The van der Waals surface area contributed by atoms with Gasteiger partial charge in [0, 0.05) is 18.7 Å². The molecule has 8 N–H and O–H groups in total. The van der Waals surface area contributed by atoms with Crippen LogP contribution in [0.4, 0.5) is 0 Å². The number of nitrogens with zero attached hydrogens (tertiary/aromatic N) is 1. The molecule has 0 bridgehead atoms. The van der Waals surface area contributed by atoms with E-state index in [-0.39, 0.29) is 11.8 Å². The molecule has 0 unspecified atom stereocenters. The molecule has 0 aromatic heterocycles. The van der Waals surface area contributed by atoms with Gasteiger partial charge in [0.1, 0.15) is 5.84 Å². The number of guanidine groups is 1. The average Bonchev–Trinajstić information content (AvgIpc) is 2.72. The second-order valence-corrected chi connectivity index (χ2v) is 7.29. The van der Waals surface area contributed by atoms with Crippen LogP contribution < -0.4 is 22.5 Å². The van der Waals surface area contributed by atoms with Crippen LogP contribution in [-0.2, 0) is 6.54 Å². The zero-order valence-electron chi connectivity index (χ0n) is 17.2. The van der Waals surface area contributed by atoms with Gasteiger partial charge in [0.15, 0.2) is 5.96 Å². The monoisotopic (exact) mass is 394 g/mol. The first-order chi connectivity index (χ1) is 14.1. The molecule has 0 atom stereocenters. The van der Waals surface area contributed by atoms with Crippen LogP contribution in [-0.4, -0.2) is 24.9 Å². The van der Waals surface area contributed by atoms with Crippen LogP contribution in [0, 0.1) is 5.41 Å². The number of aliphatic imine (C=N–C) groups is 1. The summed E-state index contributed by atoms with van der Waals surface area (Å²) in [6.45, 7) is 2.68. The first-order valence-electron chi connectivity index (χ1n) is 10.4. The Bertz CT molecular complexity index is 761. The number of unbranched alkanes of at least 4 members (excludes halogenated alkanes) is 5. The summed E-state index contributed by atoms with van der Waals surface area (Å²) < 4.78 is 0. The van der Waals surface area contributed by atoms with Crippen molar-refractivity contribution in [1.82, 2.24) is 5.32 Å². The third-order valence-corrected chi connectivity index (χ3v) is 4.87. The van der Waals surface area contributed by atoms with E-state index in [9.17, 15) is 0 Å². The highest BCUT2D eigenvalue weighted by Gasteiger charge is 2.01. The smallest absolute Gasteiger partial charge is 0.185 e. The third-order valence-electron chi connectivity index (χ3n) is 4.87. The van der Waals surface area contributed by atoms with E-state index in [1.165, 1.54) is 43.2 Å². The van der Waals surface area contributed by atoms with Gasteiger partial charge in [-0.25, -0.2) is 0 Å². The molecule has 0 saturated heterocycles. The minimum Gasteiger partial charge on any atom is -0.384 e. The Labute approximate surface area is 174 Å². The molecule has 0 aliphatic carbocycles. The first kappa shape index (κ1) is 22.4. The quantitative estimate of drug-likeness (QED) is 0.203. The summed E-state index contributed by atoms with van der Waals surface area (Å²) in [5.41, 5.74) is 20.4. The maximum absolute atomic E-state index is 7.46. The Morgan fingerprint density at radius 3 is 1.90 bits per heavy atom. The van der Waals surface area contributed by atoms with Crippen molar-refractivity contribution in [1.29, 1.82) is 5.41 Å². The number of hydrogen-bond donors (Lipinski definition) is 5. The third kappa shape index (κ3) is 8.79. The number of rotatable bonds is 13. The van der Waals surface area contributed by atoms with E-state index in [1.54, 1.807) is 0 Å². The van der Waals surface area contributed by atoms with Crippen LogP contribution in [0.3, 0.4) is 0 Å².